The van der Waals surface area contributed by atoms with E-state index in [-0.39, 0.29) is 19.1 Å². The standard InChI is InChI=1S/C24H28N2O7/c1-14(32-3)21(23(28)29)26-22(27)20(13-31-2)25-24(30)33-12-19-17-10-6-4-8-15(17)16-9-5-7-11-18(16)19/h4-11,14,19-21H,12-13H2,1-3H3,(H,25,30)(H,26,27)(H,28,29)/t14?,20-,21?/m0/s1. The molecule has 2 unspecified atom stereocenters. The van der Waals surface area contributed by atoms with E-state index in [9.17, 15) is 19.5 Å². The SMILES string of the molecule is COC[C@H](NC(=O)OCC1c2ccccc2-c2ccccc21)C(=O)NC(C(=O)O)C(C)OC. The summed E-state index contributed by atoms with van der Waals surface area (Å²) in [5, 5.41) is 14.2. The van der Waals surface area contributed by atoms with E-state index in [4.69, 9.17) is 14.2 Å². The number of carbonyl (C=O) groups excluding carboxylic acids is 2. The van der Waals surface area contributed by atoms with Gasteiger partial charge in [0.2, 0.25) is 5.91 Å². The number of aliphatic carboxylic acids is 1. The van der Waals surface area contributed by atoms with Crippen molar-refractivity contribution in [2.24, 2.45) is 0 Å². The molecule has 0 saturated carbocycles. The van der Waals surface area contributed by atoms with Crippen LogP contribution in [0.3, 0.4) is 0 Å². The lowest BCUT2D eigenvalue weighted by atomic mass is 9.98. The number of hydrogen-bond acceptors (Lipinski definition) is 6. The van der Waals surface area contributed by atoms with Crippen LogP contribution in [-0.4, -0.2) is 68.7 Å². The van der Waals surface area contributed by atoms with E-state index < -0.39 is 36.2 Å². The van der Waals surface area contributed by atoms with Gasteiger partial charge in [0.1, 0.15) is 12.6 Å². The second-order valence-electron chi connectivity index (χ2n) is 7.74. The summed E-state index contributed by atoms with van der Waals surface area (Å²) >= 11 is 0. The van der Waals surface area contributed by atoms with Crippen LogP contribution >= 0.6 is 0 Å². The van der Waals surface area contributed by atoms with Crippen molar-refractivity contribution in [1.82, 2.24) is 10.6 Å². The Labute approximate surface area is 192 Å². The maximum atomic E-state index is 12.6. The number of ether oxygens (including phenoxy) is 3. The molecule has 9 heteroatoms. The monoisotopic (exact) mass is 456 g/mol. The smallest absolute Gasteiger partial charge is 0.407 e. The average molecular weight is 456 g/mol. The third-order valence-electron chi connectivity index (χ3n) is 5.69. The molecule has 0 radical (unpaired) electrons. The van der Waals surface area contributed by atoms with Crippen LogP contribution in [-0.2, 0) is 23.8 Å². The van der Waals surface area contributed by atoms with E-state index in [1.165, 1.54) is 21.1 Å². The lowest BCUT2D eigenvalue weighted by Crippen LogP contribution is -2.56. The number of nitrogens with one attached hydrogen (secondary N) is 2. The number of carbonyl (C=O) groups is 3. The van der Waals surface area contributed by atoms with E-state index in [2.05, 4.69) is 10.6 Å². The Bertz CT molecular complexity index is 964. The van der Waals surface area contributed by atoms with E-state index in [0.29, 0.717) is 0 Å². The first kappa shape index (κ1) is 24.2. The predicted molar refractivity (Wildman–Crippen MR) is 120 cm³/mol. The Morgan fingerprint density at radius 2 is 1.55 bits per heavy atom. The quantitative estimate of drug-likeness (QED) is 0.501. The average Bonchev–Trinajstić information content (AvgIpc) is 3.13. The van der Waals surface area contributed by atoms with Gasteiger partial charge in [0, 0.05) is 20.1 Å². The fraction of sp³-hybridized carbons (Fsp3) is 0.375. The molecule has 0 bridgehead atoms. The molecule has 0 fully saturated rings. The molecule has 0 heterocycles. The molecular formula is C24H28N2O7. The molecule has 3 N–H and O–H groups in total. The molecule has 33 heavy (non-hydrogen) atoms. The van der Waals surface area contributed by atoms with Crippen molar-refractivity contribution in [2.45, 2.75) is 31.0 Å². The highest BCUT2D eigenvalue weighted by atomic mass is 16.5. The Balaban J connectivity index is 1.65. The molecule has 2 amide bonds. The van der Waals surface area contributed by atoms with Crippen LogP contribution in [0.2, 0.25) is 0 Å². The van der Waals surface area contributed by atoms with Gasteiger partial charge in [-0.1, -0.05) is 48.5 Å². The Hall–Kier alpha value is -3.43. The fourth-order valence-electron chi connectivity index (χ4n) is 3.90. The van der Waals surface area contributed by atoms with Gasteiger partial charge >= 0.3 is 12.1 Å². The first-order valence-electron chi connectivity index (χ1n) is 10.5. The third-order valence-corrected chi connectivity index (χ3v) is 5.69. The molecule has 0 spiro atoms. The molecule has 2 aromatic rings. The van der Waals surface area contributed by atoms with Gasteiger partial charge in [-0.3, -0.25) is 4.79 Å². The van der Waals surface area contributed by atoms with Crippen molar-refractivity contribution in [3.8, 4) is 11.1 Å². The number of rotatable bonds is 10. The molecule has 1 aliphatic rings. The number of carboxylic acid groups (broad SMARTS) is 1. The maximum Gasteiger partial charge on any atom is 0.407 e. The molecule has 3 atom stereocenters. The molecule has 9 nitrogen and oxygen atoms in total. The summed E-state index contributed by atoms with van der Waals surface area (Å²) in [7, 11) is 2.71. The summed E-state index contributed by atoms with van der Waals surface area (Å²) in [6.45, 7) is 1.44. The zero-order valence-corrected chi connectivity index (χ0v) is 18.7. The highest BCUT2D eigenvalue weighted by Crippen LogP contribution is 2.44. The van der Waals surface area contributed by atoms with Crippen molar-refractivity contribution < 1.29 is 33.7 Å². The van der Waals surface area contributed by atoms with E-state index >= 15 is 0 Å². The van der Waals surface area contributed by atoms with Gasteiger partial charge in [-0.15, -0.1) is 0 Å². The summed E-state index contributed by atoms with van der Waals surface area (Å²) in [5.41, 5.74) is 4.34. The molecule has 176 valence electrons. The summed E-state index contributed by atoms with van der Waals surface area (Å²) in [6, 6.07) is 13.5. The first-order chi connectivity index (χ1) is 15.9. The van der Waals surface area contributed by atoms with E-state index in [1.807, 2.05) is 48.5 Å². The molecular weight excluding hydrogens is 428 g/mol. The van der Waals surface area contributed by atoms with Gasteiger partial charge in [0.25, 0.3) is 0 Å². The minimum absolute atomic E-state index is 0.0830. The Morgan fingerprint density at radius 3 is 2.06 bits per heavy atom. The van der Waals surface area contributed by atoms with Gasteiger partial charge in [0.05, 0.1) is 12.7 Å². The third kappa shape index (κ3) is 5.50. The van der Waals surface area contributed by atoms with Gasteiger partial charge < -0.3 is 30.0 Å². The van der Waals surface area contributed by atoms with E-state index in [0.717, 1.165) is 22.3 Å². The number of benzene rings is 2. The zero-order valence-electron chi connectivity index (χ0n) is 18.7. The molecule has 0 saturated heterocycles. The highest BCUT2D eigenvalue weighted by molar-refractivity contribution is 5.89. The number of alkyl carbamates (subject to hydrolysis) is 1. The second-order valence-corrected chi connectivity index (χ2v) is 7.74. The van der Waals surface area contributed by atoms with Crippen LogP contribution in [0.5, 0.6) is 0 Å². The van der Waals surface area contributed by atoms with Gasteiger partial charge in [-0.25, -0.2) is 9.59 Å². The fourth-order valence-corrected chi connectivity index (χ4v) is 3.90. The van der Waals surface area contributed by atoms with Crippen LogP contribution in [0.25, 0.3) is 11.1 Å². The minimum Gasteiger partial charge on any atom is -0.480 e. The second kappa shape index (κ2) is 10.9. The maximum absolute atomic E-state index is 12.6. The lowest BCUT2D eigenvalue weighted by molar-refractivity contribution is -0.146. The number of hydrogen-bond donors (Lipinski definition) is 3. The number of carboxylic acids is 1. The summed E-state index contributed by atoms with van der Waals surface area (Å²) in [6.07, 6.45) is -1.58. The molecule has 2 aromatic carbocycles. The molecule has 0 aliphatic heterocycles. The highest BCUT2D eigenvalue weighted by Gasteiger charge is 2.32. The summed E-state index contributed by atoms with van der Waals surface area (Å²) in [4.78, 5) is 36.6. The Morgan fingerprint density at radius 1 is 0.970 bits per heavy atom. The van der Waals surface area contributed by atoms with Crippen LogP contribution in [0.15, 0.2) is 48.5 Å². The largest absolute Gasteiger partial charge is 0.480 e. The normalized spacial score (nSPS) is 15.0. The van der Waals surface area contributed by atoms with Crippen LogP contribution in [0.1, 0.15) is 24.0 Å². The summed E-state index contributed by atoms with van der Waals surface area (Å²) < 4.78 is 15.5. The Kier molecular flexibility index (Phi) is 8.02. The van der Waals surface area contributed by atoms with Gasteiger partial charge in [-0.2, -0.15) is 0 Å². The summed E-state index contributed by atoms with van der Waals surface area (Å²) in [5.74, 6) is -2.10. The van der Waals surface area contributed by atoms with Crippen molar-refractivity contribution in [1.29, 1.82) is 0 Å². The van der Waals surface area contributed by atoms with Crippen molar-refractivity contribution in [3.05, 3.63) is 59.7 Å². The number of amides is 2. The molecule has 1 aliphatic carbocycles. The lowest BCUT2D eigenvalue weighted by Gasteiger charge is -2.24. The number of fused-ring (bicyclic) bond motifs is 3. The van der Waals surface area contributed by atoms with Crippen molar-refractivity contribution in [2.75, 3.05) is 27.4 Å². The molecule has 3 rings (SSSR count). The number of methoxy groups -OCH3 is 2. The topological polar surface area (TPSA) is 123 Å². The van der Waals surface area contributed by atoms with Crippen molar-refractivity contribution in [3.63, 3.8) is 0 Å². The van der Waals surface area contributed by atoms with Crippen molar-refractivity contribution >= 4 is 18.0 Å². The van der Waals surface area contributed by atoms with Gasteiger partial charge in [0.15, 0.2) is 6.04 Å². The zero-order chi connectivity index (χ0) is 24.0. The minimum atomic E-state index is -1.29. The van der Waals surface area contributed by atoms with E-state index in [1.54, 1.807) is 0 Å². The van der Waals surface area contributed by atoms with Crippen LogP contribution in [0, 0.1) is 0 Å². The van der Waals surface area contributed by atoms with Gasteiger partial charge in [-0.05, 0) is 29.2 Å². The van der Waals surface area contributed by atoms with Crippen LogP contribution < -0.4 is 10.6 Å². The first-order valence-corrected chi connectivity index (χ1v) is 10.5. The predicted octanol–water partition coefficient (Wildman–Crippen LogP) is 2.14. The molecule has 0 aromatic heterocycles. The van der Waals surface area contributed by atoms with Crippen LogP contribution in [0.4, 0.5) is 4.79 Å².